The van der Waals surface area contributed by atoms with Crippen molar-refractivity contribution in [2.24, 2.45) is 0 Å². The van der Waals surface area contributed by atoms with E-state index in [4.69, 9.17) is 4.74 Å². The molecule has 0 aromatic carbocycles. The molecule has 0 bridgehead atoms. The van der Waals surface area contributed by atoms with Gasteiger partial charge in [0.25, 0.3) is 0 Å². The third-order valence-electron chi connectivity index (χ3n) is 2.20. The Kier molecular flexibility index (Phi) is 4.95. The largest absolute Gasteiger partial charge is 0.383 e. The van der Waals surface area contributed by atoms with E-state index in [0.717, 1.165) is 11.0 Å². The van der Waals surface area contributed by atoms with E-state index in [0.29, 0.717) is 12.6 Å². The zero-order chi connectivity index (χ0) is 12.2. The standard InChI is InChI=1S/C11H20BrN3O/c1-9(14-11(2,3)8-16-4)6-15-7-10(12)5-13-15/h5,7,9,14H,6,8H2,1-4H3. The third kappa shape index (κ3) is 4.63. The zero-order valence-corrected chi connectivity index (χ0v) is 11.9. The fourth-order valence-corrected chi connectivity index (χ4v) is 2.16. The average Bonchev–Trinajstić information content (AvgIpc) is 2.49. The fourth-order valence-electron chi connectivity index (χ4n) is 1.83. The van der Waals surface area contributed by atoms with Crippen molar-refractivity contribution in [3.8, 4) is 0 Å². The van der Waals surface area contributed by atoms with Gasteiger partial charge >= 0.3 is 0 Å². The number of nitrogens with zero attached hydrogens (tertiary/aromatic N) is 2. The molecule has 1 rings (SSSR count). The normalized spacial score (nSPS) is 14.1. The highest BCUT2D eigenvalue weighted by molar-refractivity contribution is 9.10. The number of halogens is 1. The summed E-state index contributed by atoms with van der Waals surface area (Å²) >= 11 is 3.38. The third-order valence-corrected chi connectivity index (χ3v) is 2.61. The second-order valence-corrected chi connectivity index (χ2v) is 5.66. The first kappa shape index (κ1) is 13.7. The highest BCUT2D eigenvalue weighted by Gasteiger charge is 2.19. The SMILES string of the molecule is COCC(C)(C)NC(C)Cn1cc(Br)cn1. The van der Waals surface area contributed by atoms with Gasteiger partial charge in [0.15, 0.2) is 0 Å². The molecule has 0 saturated carbocycles. The van der Waals surface area contributed by atoms with E-state index >= 15 is 0 Å². The van der Waals surface area contributed by atoms with E-state index in [-0.39, 0.29) is 5.54 Å². The van der Waals surface area contributed by atoms with Crippen LogP contribution < -0.4 is 5.32 Å². The monoisotopic (exact) mass is 289 g/mol. The number of rotatable bonds is 6. The summed E-state index contributed by atoms with van der Waals surface area (Å²) in [6, 6.07) is 0.344. The molecular formula is C11H20BrN3O. The lowest BCUT2D eigenvalue weighted by molar-refractivity contribution is 0.119. The van der Waals surface area contributed by atoms with E-state index in [1.807, 2.05) is 10.9 Å². The van der Waals surface area contributed by atoms with Crippen LogP contribution in [0.1, 0.15) is 20.8 Å². The van der Waals surface area contributed by atoms with E-state index in [2.05, 4.69) is 47.1 Å². The first-order valence-corrected chi connectivity index (χ1v) is 6.17. The minimum absolute atomic E-state index is 0.0153. The van der Waals surface area contributed by atoms with Crippen LogP contribution >= 0.6 is 15.9 Å². The van der Waals surface area contributed by atoms with Gasteiger partial charge < -0.3 is 10.1 Å². The Morgan fingerprint density at radius 1 is 1.62 bits per heavy atom. The van der Waals surface area contributed by atoms with Crippen molar-refractivity contribution < 1.29 is 4.74 Å². The Morgan fingerprint density at radius 3 is 2.81 bits per heavy atom. The average molecular weight is 290 g/mol. The van der Waals surface area contributed by atoms with Crippen molar-refractivity contribution in [1.29, 1.82) is 0 Å². The Balaban J connectivity index is 2.44. The van der Waals surface area contributed by atoms with Crippen molar-refractivity contribution in [2.45, 2.75) is 38.9 Å². The quantitative estimate of drug-likeness (QED) is 0.871. The molecule has 0 aliphatic rings. The molecule has 4 nitrogen and oxygen atoms in total. The predicted molar refractivity (Wildman–Crippen MR) is 68.5 cm³/mol. The Labute approximate surface area is 105 Å². The molecule has 1 aromatic heterocycles. The summed E-state index contributed by atoms with van der Waals surface area (Å²) in [5.41, 5.74) is -0.0153. The zero-order valence-electron chi connectivity index (χ0n) is 10.3. The van der Waals surface area contributed by atoms with Gasteiger partial charge in [-0.3, -0.25) is 4.68 Å². The summed E-state index contributed by atoms with van der Waals surface area (Å²) < 4.78 is 8.10. The lowest BCUT2D eigenvalue weighted by atomic mass is 10.1. The van der Waals surface area contributed by atoms with Gasteiger partial charge in [-0.05, 0) is 36.7 Å². The minimum Gasteiger partial charge on any atom is -0.383 e. The van der Waals surface area contributed by atoms with Gasteiger partial charge in [0, 0.05) is 24.9 Å². The molecule has 1 heterocycles. The van der Waals surface area contributed by atoms with Gasteiger partial charge in [0.1, 0.15) is 0 Å². The summed E-state index contributed by atoms with van der Waals surface area (Å²) in [5, 5.41) is 7.74. The summed E-state index contributed by atoms with van der Waals surface area (Å²) in [5.74, 6) is 0. The Morgan fingerprint density at radius 2 is 2.31 bits per heavy atom. The van der Waals surface area contributed by atoms with Gasteiger partial charge in [0.2, 0.25) is 0 Å². The molecule has 1 unspecified atom stereocenters. The molecule has 0 aliphatic heterocycles. The van der Waals surface area contributed by atoms with Crippen LogP contribution in [0.4, 0.5) is 0 Å². The van der Waals surface area contributed by atoms with Crippen LogP contribution in [0.5, 0.6) is 0 Å². The molecule has 0 fully saturated rings. The molecule has 92 valence electrons. The summed E-state index contributed by atoms with van der Waals surface area (Å²) in [4.78, 5) is 0. The van der Waals surface area contributed by atoms with Gasteiger partial charge in [-0.2, -0.15) is 5.10 Å². The van der Waals surface area contributed by atoms with E-state index in [1.165, 1.54) is 0 Å². The Bertz CT molecular complexity index is 325. The van der Waals surface area contributed by atoms with Crippen molar-refractivity contribution in [3.63, 3.8) is 0 Å². The van der Waals surface area contributed by atoms with Gasteiger partial charge in [-0.15, -0.1) is 0 Å². The van der Waals surface area contributed by atoms with Gasteiger partial charge in [-0.25, -0.2) is 0 Å². The highest BCUT2D eigenvalue weighted by Crippen LogP contribution is 2.08. The number of nitrogens with one attached hydrogen (secondary N) is 1. The van der Waals surface area contributed by atoms with Crippen molar-refractivity contribution >= 4 is 15.9 Å². The van der Waals surface area contributed by atoms with Crippen LogP contribution in [0.2, 0.25) is 0 Å². The molecule has 1 aromatic rings. The van der Waals surface area contributed by atoms with E-state index in [1.54, 1.807) is 13.3 Å². The molecule has 0 aliphatic carbocycles. The maximum absolute atomic E-state index is 5.17. The van der Waals surface area contributed by atoms with Crippen LogP contribution in [-0.4, -0.2) is 35.1 Å². The van der Waals surface area contributed by atoms with E-state index < -0.39 is 0 Å². The molecule has 16 heavy (non-hydrogen) atoms. The van der Waals surface area contributed by atoms with Crippen LogP contribution in [0.3, 0.4) is 0 Å². The van der Waals surface area contributed by atoms with Crippen molar-refractivity contribution in [3.05, 3.63) is 16.9 Å². The van der Waals surface area contributed by atoms with Crippen molar-refractivity contribution in [2.75, 3.05) is 13.7 Å². The number of hydrogen-bond acceptors (Lipinski definition) is 3. The van der Waals surface area contributed by atoms with Crippen LogP contribution in [0.15, 0.2) is 16.9 Å². The second-order valence-electron chi connectivity index (χ2n) is 4.74. The molecule has 5 heteroatoms. The first-order chi connectivity index (χ1) is 7.43. The highest BCUT2D eigenvalue weighted by atomic mass is 79.9. The van der Waals surface area contributed by atoms with Crippen LogP contribution in [0, 0.1) is 0 Å². The van der Waals surface area contributed by atoms with Crippen molar-refractivity contribution in [1.82, 2.24) is 15.1 Å². The maximum Gasteiger partial charge on any atom is 0.0639 e. The molecule has 1 N–H and O–H groups in total. The van der Waals surface area contributed by atoms with Gasteiger partial charge in [-0.1, -0.05) is 0 Å². The smallest absolute Gasteiger partial charge is 0.0639 e. The summed E-state index contributed by atoms with van der Waals surface area (Å²) in [6.45, 7) is 7.95. The molecule has 0 saturated heterocycles. The number of aromatic nitrogens is 2. The van der Waals surface area contributed by atoms with Crippen LogP contribution in [-0.2, 0) is 11.3 Å². The maximum atomic E-state index is 5.17. The molecule has 0 amide bonds. The molecule has 1 atom stereocenters. The minimum atomic E-state index is -0.0153. The topological polar surface area (TPSA) is 39.1 Å². The predicted octanol–water partition coefficient (Wildman–Crippen LogP) is 2.05. The molecular weight excluding hydrogens is 270 g/mol. The Hall–Kier alpha value is -0.390. The number of methoxy groups -OCH3 is 1. The molecule has 0 spiro atoms. The number of ether oxygens (including phenoxy) is 1. The summed E-state index contributed by atoms with van der Waals surface area (Å²) in [7, 11) is 1.72. The first-order valence-electron chi connectivity index (χ1n) is 5.37. The molecule has 0 radical (unpaired) electrons. The lowest BCUT2D eigenvalue weighted by Crippen LogP contribution is -2.49. The lowest BCUT2D eigenvalue weighted by Gasteiger charge is -2.29. The van der Waals surface area contributed by atoms with E-state index in [9.17, 15) is 0 Å². The number of hydrogen-bond donors (Lipinski definition) is 1. The fraction of sp³-hybridized carbons (Fsp3) is 0.727. The second kappa shape index (κ2) is 5.80. The van der Waals surface area contributed by atoms with Crippen LogP contribution in [0.25, 0.3) is 0 Å². The van der Waals surface area contributed by atoms with Gasteiger partial charge in [0.05, 0.1) is 23.8 Å². The summed E-state index contributed by atoms with van der Waals surface area (Å²) in [6.07, 6.45) is 3.77.